The number of nitrogens with zero attached hydrogens (tertiary/aromatic N) is 2. The van der Waals surface area contributed by atoms with E-state index < -0.39 is 0 Å². The highest BCUT2D eigenvalue weighted by Gasteiger charge is 2.13. The standard InChI is InChI=1S/C7H12BrN3S/c1-11-7(5(8)3-10-11)6(9)4-12-2/h3,6H,4,9H2,1-2H3. The average Bonchev–Trinajstić information content (AvgIpc) is 2.32. The maximum absolute atomic E-state index is 5.94. The second kappa shape index (κ2) is 4.30. The van der Waals surface area contributed by atoms with Crippen LogP contribution in [-0.4, -0.2) is 21.8 Å². The van der Waals surface area contributed by atoms with Crippen LogP contribution in [0.2, 0.25) is 0 Å². The molecule has 0 aromatic carbocycles. The zero-order valence-corrected chi connectivity index (χ0v) is 9.52. The average molecular weight is 250 g/mol. The van der Waals surface area contributed by atoms with Crippen molar-refractivity contribution in [2.75, 3.05) is 12.0 Å². The van der Waals surface area contributed by atoms with Crippen LogP contribution in [0.4, 0.5) is 0 Å². The van der Waals surface area contributed by atoms with Crippen molar-refractivity contribution in [3.8, 4) is 0 Å². The van der Waals surface area contributed by atoms with Crippen molar-refractivity contribution in [3.05, 3.63) is 16.4 Å². The molecule has 1 rings (SSSR count). The fourth-order valence-electron chi connectivity index (χ4n) is 1.10. The van der Waals surface area contributed by atoms with Gasteiger partial charge in [-0.3, -0.25) is 4.68 Å². The van der Waals surface area contributed by atoms with Crippen molar-refractivity contribution in [1.82, 2.24) is 9.78 Å². The minimum Gasteiger partial charge on any atom is -0.322 e. The highest BCUT2D eigenvalue weighted by Crippen LogP contribution is 2.22. The van der Waals surface area contributed by atoms with Gasteiger partial charge in [0.1, 0.15) is 0 Å². The molecule has 1 aromatic heterocycles. The normalized spacial score (nSPS) is 13.3. The summed E-state index contributed by atoms with van der Waals surface area (Å²) in [4.78, 5) is 0. The second-order valence-electron chi connectivity index (χ2n) is 2.56. The van der Waals surface area contributed by atoms with E-state index in [1.54, 1.807) is 18.0 Å². The number of thioether (sulfide) groups is 1. The molecule has 0 saturated heterocycles. The number of hydrogen-bond acceptors (Lipinski definition) is 3. The van der Waals surface area contributed by atoms with Crippen molar-refractivity contribution in [1.29, 1.82) is 0 Å². The number of aromatic nitrogens is 2. The van der Waals surface area contributed by atoms with Crippen molar-refractivity contribution in [2.24, 2.45) is 12.8 Å². The van der Waals surface area contributed by atoms with Gasteiger partial charge in [0.2, 0.25) is 0 Å². The van der Waals surface area contributed by atoms with Gasteiger partial charge in [0.15, 0.2) is 0 Å². The predicted octanol–water partition coefficient (Wildman–Crippen LogP) is 1.55. The van der Waals surface area contributed by atoms with Crippen molar-refractivity contribution in [2.45, 2.75) is 6.04 Å². The lowest BCUT2D eigenvalue weighted by Gasteiger charge is -2.10. The lowest BCUT2D eigenvalue weighted by Crippen LogP contribution is -2.17. The zero-order chi connectivity index (χ0) is 9.14. The molecule has 1 aromatic rings. The Bertz CT molecular complexity index is 242. The van der Waals surface area contributed by atoms with Crippen LogP contribution in [0, 0.1) is 0 Å². The van der Waals surface area contributed by atoms with E-state index in [4.69, 9.17) is 5.73 Å². The third kappa shape index (κ3) is 2.02. The number of hydrogen-bond donors (Lipinski definition) is 1. The van der Waals surface area contributed by atoms with Gasteiger partial charge < -0.3 is 5.73 Å². The van der Waals surface area contributed by atoms with Crippen LogP contribution in [0.5, 0.6) is 0 Å². The highest BCUT2D eigenvalue weighted by atomic mass is 79.9. The topological polar surface area (TPSA) is 43.8 Å². The summed E-state index contributed by atoms with van der Waals surface area (Å²) in [5.41, 5.74) is 7.00. The monoisotopic (exact) mass is 249 g/mol. The van der Waals surface area contributed by atoms with Gasteiger partial charge in [-0.2, -0.15) is 16.9 Å². The first kappa shape index (κ1) is 10.1. The summed E-state index contributed by atoms with van der Waals surface area (Å²) in [6, 6.07) is 0.0573. The molecule has 2 N–H and O–H groups in total. The van der Waals surface area contributed by atoms with Crippen LogP contribution in [0.1, 0.15) is 11.7 Å². The van der Waals surface area contributed by atoms with Gasteiger partial charge in [-0.25, -0.2) is 0 Å². The Morgan fingerprint density at radius 3 is 2.92 bits per heavy atom. The Labute approximate surface area is 84.8 Å². The lowest BCUT2D eigenvalue weighted by atomic mass is 10.2. The molecule has 5 heteroatoms. The van der Waals surface area contributed by atoms with E-state index >= 15 is 0 Å². The van der Waals surface area contributed by atoms with E-state index in [1.165, 1.54) is 0 Å². The Balaban J connectivity index is 2.85. The van der Waals surface area contributed by atoms with Gasteiger partial charge in [0.25, 0.3) is 0 Å². The Kier molecular flexibility index (Phi) is 3.61. The summed E-state index contributed by atoms with van der Waals surface area (Å²) in [5, 5.41) is 4.10. The zero-order valence-electron chi connectivity index (χ0n) is 7.12. The summed E-state index contributed by atoms with van der Waals surface area (Å²) < 4.78 is 2.80. The minimum atomic E-state index is 0.0573. The molecule has 0 spiro atoms. The minimum absolute atomic E-state index is 0.0573. The molecule has 0 bridgehead atoms. The van der Waals surface area contributed by atoms with Crippen molar-refractivity contribution in [3.63, 3.8) is 0 Å². The van der Waals surface area contributed by atoms with Crippen molar-refractivity contribution < 1.29 is 0 Å². The third-order valence-corrected chi connectivity index (χ3v) is 2.94. The molecule has 0 aliphatic rings. The number of halogens is 1. The molecule has 0 amide bonds. The molecule has 0 aliphatic carbocycles. The first-order valence-corrected chi connectivity index (χ1v) is 5.77. The first-order valence-electron chi connectivity index (χ1n) is 3.58. The fourth-order valence-corrected chi connectivity index (χ4v) is 2.25. The van der Waals surface area contributed by atoms with E-state index in [9.17, 15) is 0 Å². The van der Waals surface area contributed by atoms with Gasteiger partial charge in [-0.15, -0.1) is 0 Å². The fraction of sp³-hybridized carbons (Fsp3) is 0.571. The lowest BCUT2D eigenvalue weighted by molar-refractivity contribution is 0.657. The quantitative estimate of drug-likeness (QED) is 0.885. The molecule has 1 heterocycles. The summed E-state index contributed by atoms with van der Waals surface area (Å²) in [6.07, 6.45) is 3.82. The van der Waals surface area contributed by atoms with E-state index in [-0.39, 0.29) is 6.04 Å². The maximum Gasteiger partial charge on any atom is 0.0698 e. The van der Waals surface area contributed by atoms with Gasteiger partial charge in [0, 0.05) is 12.8 Å². The molecular weight excluding hydrogens is 238 g/mol. The molecule has 68 valence electrons. The van der Waals surface area contributed by atoms with Gasteiger partial charge in [0.05, 0.1) is 22.4 Å². The van der Waals surface area contributed by atoms with E-state index in [2.05, 4.69) is 21.0 Å². The van der Waals surface area contributed by atoms with Crippen LogP contribution >= 0.6 is 27.7 Å². The summed E-state index contributed by atoms with van der Waals surface area (Å²) in [5.74, 6) is 0.915. The summed E-state index contributed by atoms with van der Waals surface area (Å²) >= 11 is 5.15. The molecule has 12 heavy (non-hydrogen) atoms. The molecule has 3 nitrogen and oxygen atoms in total. The molecular formula is C7H12BrN3S. The maximum atomic E-state index is 5.94. The first-order chi connectivity index (χ1) is 5.66. The molecule has 0 radical (unpaired) electrons. The Morgan fingerprint density at radius 1 is 1.83 bits per heavy atom. The van der Waals surface area contributed by atoms with Crippen LogP contribution < -0.4 is 5.73 Å². The van der Waals surface area contributed by atoms with Crippen molar-refractivity contribution >= 4 is 27.7 Å². The molecule has 1 atom stereocenters. The highest BCUT2D eigenvalue weighted by molar-refractivity contribution is 9.10. The predicted molar refractivity (Wildman–Crippen MR) is 56.2 cm³/mol. The van der Waals surface area contributed by atoms with Gasteiger partial charge in [-0.05, 0) is 22.2 Å². The summed E-state index contributed by atoms with van der Waals surface area (Å²) in [7, 11) is 1.90. The van der Waals surface area contributed by atoms with Crippen LogP contribution in [0.25, 0.3) is 0 Å². The Morgan fingerprint density at radius 2 is 2.50 bits per heavy atom. The Hall–Kier alpha value is 0. The van der Waals surface area contributed by atoms with Crippen LogP contribution in [0.3, 0.4) is 0 Å². The smallest absolute Gasteiger partial charge is 0.0698 e. The second-order valence-corrected chi connectivity index (χ2v) is 4.33. The summed E-state index contributed by atoms with van der Waals surface area (Å²) in [6.45, 7) is 0. The number of aryl methyl sites for hydroxylation is 1. The molecule has 0 aliphatic heterocycles. The third-order valence-electron chi connectivity index (χ3n) is 1.64. The largest absolute Gasteiger partial charge is 0.322 e. The van der Waals surface area contributed by atoms with Crippen LogP contribution in [-0.2, 0) is 7.05 Å². The molecule has 0 saturated carbocycles. The van der Waals surface area contributed by atoms with E-state index in [0.29, 0.717) is 0 Å². The molecule has 1 unspecified atom stereocenters. The van der Waals surface area contributed by atoms with E-state index in [0.717, 1.165) is 15.9 Å². The van der Waals surface area contributed by atoms with E-state index in [1.807, 2.05) is 18.0 Å². The van der Waals surface area contributed by atoms with Gasteiger partial charge in [-0.1, -0.05) is 0 Å². The SMILES string of the molecule is CSCC(N)c1c(Br)cnn1C. The number of nitrogens with two attached hydrogens (primary N) is 1. The number of rotatable bonds is 3. The van der Waals surface area contributed by atoms with Gasteiger partial charge >= 0.3 is 0 Å². The molecule has 0 fully saturated rings. The van der Waals surface area contributed by atoms with Crippen LogP contribution in [0.15, 0.2) is 10.7 Å².